The Morgan fingerprint density at radius 1 is 1.20 bits per heavy atom. The van der Waals surface area contributed by atoms with Crippen LogP contribution in [0.5, 0.6) is 0 Å². The Kier molecular flexibility index (Phi) is 4.68. The molecule has 0 saturated carbocycles. The SMILES string of the molecule is CC[C@]1(C(=O)N2CCc3ccccc3C2)C[C@H]2CC[C@@H]1N2C(=O)Cn1ccnc1C. The first-order valence-corrected chi connectivity index (χ1v) is 11.2. The van der Waals surface area contributed by atoms with Gasteiger partial charge in [-0.15, -0.1) is 0 Å². The lowest BCUT2D eigenvalue weighted by Crippen LogP contribution is -2.52. The molecule has 158 valence electrons. The summed E-state index contributed by atoms with van der Waals surface area (Å²) in [6.45, 7) is 5.82. The van der Waals surface area contributed by atoms with Gasteiger partial charge in [-0.1, -0.05) is 31.2 Å². The number of hydrogen-bond donors (Lipinski definition) is 0. The van der Waals surface area contributed by atoms with Gasteiger partial charge in [0.2, 0.25) is 11.8 Å². The van der Waals surface area contributed by atoms with Gasteiger partial charge in [-0.25, -0.2) is 4.98 Å². The second-order valence-corrected chi connectivity index (χ2v) is 9.11. The fourth-order valence-corrected chi connectivity index (χ4v) is 6.10. The molecule has 3 aliphatic heterocycles. The second-order valence-electron chi connectivity index (χ2n) is 9.11. The maximum atomic E-state index is 13.9. The molecule has 2 aromatic rings. The Bertz CT molecular complexity index is 983. The number of imidazole rings is 1. The predicted octanol–water partition coefficient (Wildman–Crippen LogP) is 2.94. The third-order valence-electron chi connectivity index (χ3n) is 7.73. The highest BCUT2D eigenvalue weighted by molar-refractivity contribution is 5.87. The highest BCUT2D eigenvalue weighted by Crippen LogP contribution is 2.53. The third kappa shape index (κ3) is 2.88. The highest BCUT2D eigenvalue weighted by Gasteiger charge is 2.61. The number of amides is 2. The molecule has 0 radical (unpaired) electrons. The summed E-state index contributed by atoms with van der Waals surface area (Å²) in [4.78, 5) is 35.4. The molecule has 2 fully saturated rings. The van der Waals surface area contributed by atoms with Gasteiger partial charge < -0.3 is 14.4 Å². The molecular formula is C24H30N4O2. The van der Waals surface area contributed by atoms with Gasteiger partial charge in [-0.2, -0.15) is 0 Å². The van der Waals surface area contributed by atoms with E-state index in [4.69, 9.17) is 0 Å². The third-order valence-corrected chi connectivity index (χ3v) is 7.73. The molecule has 6 nitrogen and oxygen atoms in total. The summed E-state index contributed by atoms with van der Waals surface area (Å²) in [5.74, 6) is 1.22. The Labute approximate surface area is 177 Å². The zero-order valence-electron chi connectivity index (χ0n) is 17.9. The van der Waals surface area contributed by atoms with Crippen molar-refractivity contribution in [3.63, 3.8) is 0 Å². The Morgan fingerprint density at radius 2 is 2.00 bits per heavy atom. The quantitative estimate of drug-likeness (QED) is 0.784. The fraction of sp³-hybridized carbons (Fsp3) is 0.542. The largest absolute Gasteiger partial charge is 0.337 e. The number of carbonyl (C=O) groups is 2. The number of nitrogens with zero attached hydrogens (tertiary/aromatic N) is 4. The average Bonchev–Trinajstić information content (AvgIpc) is 3.46. The number of rotatable bonds is 4. The first-order chi connectivity index (χ1) is 14.5. The van der Waals surface area contributed by atoms with Crippen LogP contribution in [-0.2, 0) is 29.1 Å². The summed E-state index contributed by atoms with van der Waals surface area (Å²) in [5.41, 5.74) is 2.18. The summed E-state index contributed by atoms with van der Waals surface area (Å²) in [7, 11) is 0. The van der Waals surface area contributed by atoms with Gasteiger partial charge in [0, 0.05) is 37.6 Å². The van der Waals surface area contributed by atoms with Crippen LogP contribution in [0.15, 0.2) is 36.7 Å². The van der Waals surface area contributed by atoms with Crippen molar-refractivity contribution in [2.24, 2.45) is 5.41 Å². The van der Waals surface area contributed by atoms with Crippen LogP contribution in [0.2, 0.25) is 0 Å². The molecule has 1 aromatic carbocycles. The summed E-state index contributed by atoms with van der Waals surface area (Å²) in [6.07, 6.45) is 8.04. The van der Waals surface area contributed by atoms with Crippen molar-refractivity contribution in [2.75, 3.05) is 6.54 Å². The van der Waals surface area contributed by atoms with Crippen LogP contribution in [0.25, 0.3) is 0 Å². The van der Waals surface area contributed by atoms with E-state index in [1.165, 1.54) is 11.1 Å². The first-order valence-electron chi connectivity index (χ1n) is 11.2. The van der Waals surface area contributed by atoms with Gasteiger partial charge in [0.05, 0.1) is 5.41 Å². The molecule has 1 aromatic heterocycles. The van der Waals surface area contributed by atoms with E-state index in [1.807, 2.05) is 17.7 Å². The molecule has 2 amide bonds. The molecule has 3 aliphatic rings. The number of aromatic nitrogens is 2. The molecule has 6 heteroatoms. The predicted molar refractivity (Wildman–Crippen MR) is 114 cm³/mol. The molecule has 0 spiro atoms. The van der Waals surface area contributed by atoms with Crippen molar-refractivity contribution >= 4 is 11.8 Å². The second kappa shape index (κ2) is 7.25. The van der Waals surface area contributed by atoms with Crippen LogP contribution in [0.3, 0.4) is 0 Å². The van der Waals surface area contributed by atoms with E-state index < -0.39 is 5.41 Å². The number of carbonyl (C=O) groups excluding carboxylic acids is 2. The number of fused-ring (bicyclic) bond motifs is 3. The maximum absolute atomic E-state index is 13.9. The van der Waals surface area contributed by atoms with Gasteiger partial charge in [-0.05, 0) is 50.2 Å². The zero-order chi connectivity index (χ0) is 20.9. The smallest absolute Gasteiger partial charge is 0.243 e. The van der Waals surface area contributed by atoms with Crippen LogP contribution in [0.4, 0.5) is 0 Å². The van der Waals surface area contributed by atoms with E-state index >= 15 is 0 Å². The highest BCUT2D eigenvalue weighted by atomic mass is 16.2. The van der Waals surface area contributed by atoms with Crippen molar-refractivity contribution in [2.45, 2.75) is 71.1 Å². The van der Waals surface area contributed by atoms with E-state index in [-0.39, 0.29) is 23.9 Å². The molecule has 4 heterocycles. The molecule has 0 unspecified atom stereocenters. The average molecular weight is 407 g/mol. The Hall–Kier alpha value is -2.63. The lowest BCUT2D eigenvalue weighted by molar-refractivity contribution is -0.146. The van der Waals surface area contributed by atoms with Crippen LogP contribution in [0.1, 0.15) is 49.6 Å². The summed E-state index contributed by atoms with van der Waals surface area (Å²) in [5, 5.41) is 0. The Balaban J connectivity index is 1.37. The standard InChI is InChI=1S/C24H30N4O2/c1-3-24(23(30)27-12-10-18-6-4-5-7-19(18)15-27)14-20-8-9-21(24)28(20)22(29)16-26-13-11-25-17(26)2/h4-7,11,13,20-21H,3,8-10,12,14-16H2,1-2H3/t20-,21+,24+/m1/s1. The topological polar surface area (TPSA) is 58.4 Å². The number of hydrogen-bond acceptors (Lipinski definition) is 3. The van der Waals surface area contributed by atoms with Gasteiger partial charge in [0.1, 0.15) is 12.4 Å². The minimum Gasteiger partial charge on any atom is -0.337 e. The first kappa shape index (κ1) is 19.3. The van der Waals surface area contributed by atoms with Crippen LogP contribution >= 0.6 is 0 Å². The van der Waals surface area contributed by atoms with Crippen molar-refractivity contribution < 1.29 is 9.59 Å². The molecule has 30 heavy (non-hydrogen) atoms. The molecule has 0 N–H and O–H groups in total. The molecule has 5 rings (SSSR count). The van der Waals surface area contributed by atoms with Gasteiger partial charge in [0.15, 0.2) is 0 Å². The Morgan fingerprint density at radius 3 is 2.73 bits per heavy atom. The monoisotopic (exact) mass is 406 g/mol. The summed E-state index contributed by atoms with van der Waals surface area (Å²) in [6, 6.07) is 8.64. The van der Waals surface area contributed by atoms with Gasteiger partial charge in [0.25, 0.3) is 0 Å². The number of benzene rings is 1. The normalized spacial score (nSPS) is 27.4. The molecule has 0 aliphatic carbocycles. The molecule has 3 atom stereocenters. The molecular weight excluding hydrogens is 376 g/mol. The summed E-state index contributed by atoms with van der Waals surface area (Å²) >= 11 is 0. The molecule has 2 bridgehead atoms. The fourth-order valence-electron chi connectivity index (χ4n) is 6.10. The van der Waals surface area contributed by atoms with Gasteiger partial charge in [-0.3, -0.25) is 9.59 Å². The lowest BCUT2D eigenvalue weighted by atomic mass is 9.70. The van der Waals surface area contributed by atoms with Crippen LogP contribution < -0.4 is 0 Å². The minimum absolute atomic E-state index is 0.0218. The van der Waals surface area contributed by atoms with Crippen molar-refractivity contribution in [3.8, 4) is 0 Å². The van der Waals surface area contributed by atoms with E-state index in [0.717, 1.165) is 44.5 Å². The zero-order valence-corrected chi connectivity index (χ0v) is 17.9. The van der Waals surface area contributed by atoms with Gasteiger partial charge >= 0.3 is 0 Å². The van der Waals surface area contributed by atoms with Crippen molar-refractivity contribution in [1.29, 1.82) is 0 Å². The van der Waals surface area contributed by atoms with E-state index in [1.54, 1.807) is 6.20 Å². The van der Waals surface area contributed by atoms with Crippen LogP contribution in [-0.4, -0.2) is 49.8 Å². The minimum atomic E-state index is -0.436. The number of aryl methyl sites for hydroxylation is 1. The van der Waals surface area contributed by atoms with Crippen molar-refractivity contribution in [3.05, 3.63) is 53.6 Å². The van der Waals surface area contributed by atoms with E-state index in [0.29, 0.717) is 13.1 Å². The maximum Gasteiger partial charge on any atom is 0.243 e. The lowest BCUT2D eigenvalue weighted by Gasteiger charge is -2.41. The van der Waals surface area contributed by atoms with Crippen molar-refractivity contribution in [1.82, 2.24) is 19.4 Å². The van der Waals surface area contributed by atoms with Crippen LogP contribution in [0, 0.1) is 12.3 Å². The van der Waals surface area contributed by atoms with E-state index in [2.05, 4.69) is 46.0 Å². The summed E-state index contributed by atoms with van der Waals surface area (Å²) < 4.78 is 1.90. The molecule has 2 saturated heterocycles. The van der Waals surface area contributed by atoms with E-state index in [9.17, 15) is 9.59 Å².